The summed E-state index contributed by atoms with van der Waals surface area (Å²) in [6, 6.07) is 0.817. The minimum atomic E-state index is -1.74. The Morgan fingerprint density at radius 2 is 1.20 bits per heavy atom. The van der Waals surface area contributed by atoms with Crippen molar-refractivity contribution in [3.05, 3.63) is 95.7 Å². The lowest BCUT2D eigenvalue weighted by Gasteiger charge is -2.35. The Kier molecular flexibility index (Phi) is 38.5. The number of carboxylic acids is 2. The second-order valence-corrected chi connectivity index (χ2v) is 31.9. The lowest BCUT2D eigenvalue weighted by Crippen LogP contribution is -2.62. The quantitative estimate of drug-likeness (QED) is 0.0251. The highest BCUT2D eigenvalue weighted by Crippen LogP contribution is 2.38. The van der Waals surface area contributed by atoms with E-state index in [-0.39, 0.29) is 80.9 Å². The average molecular weight is 1620 g/mol. The molecule has 2 aliphatic rings. The number of benzene rings is 2. The largest absolute Gasteiger partial charge is 0.481 e. The zero-order valence-electron chi connectivity index (χ0n) is 68.5. The van der Waals surface area contributed by atoms with E-state index in [1.54, 1.807) is 37.4 Å². The number of aromatic carboxylic acids is 1. The van der Waals surface area contributed by atoms with Crippen LogP contribution in [0.15, 0.2) is 79.0 Å². The number of carboxylic acid groups (broad SMARTS) is 2. The smallest absolute Gasteiger partial charge is 0.335 e. The van der Waals surface area contributed by atoms with E-state index in [1.165, 1.54) is 86.6 Å². The number of rotatable bonds is 30. The predicted octanol–water partition coefficient (Wildman–Crippen LogP) is 4.31. The van der Waals surface area contributed by atoms with E-state index in [9.17, 15) is 77.3 Å². The van der Waals surface area contributed by atoms with Crippen molar-refractivity contribution in [2.24, 2.45) is 40.6 Å². The number of para-hydroxylation sites is 1. The molecule has 636 valence electrons. The molecule has 32 nitrogen and oxygen atoms in total. The zero-order valence-corrected chi connectivity index (χ0v) is 68.5. The number of aromatic amines is 1. The van der Waals surface area contributed by atoms with Crippen molar-refractivity contribution in [2.45, 2.75) is 270 Å². The van der Waals surface area contributed by atoms with Crippen molar-refractivity contribution in [3.63, 3.8) is 0 Å². The second kappa shape index (κ2) is 46.4. The van der Waals surface area contributed by atoms with Gasteiger partial charge in [0.2, 0.25) is 70.4 Å². The number of primary amides is 2. The fourth-order valence-electron chi connectivity index (χ4n) is 14.0. The van der Waals surface area contributed by atoms with E-state index in [4.69, 9.17) is 11.5 Å². The van der Waals surface area contributed by atoms with Gasteiger partial charge < -0.3 is 69.2 Å². The number of aliphatic carboxylic acids is 1. The van der Waals surface area contributed by atoms with Crippen molar-refractivity contribution in [1.29, 1.82) is 0 Å². The monoisotopic (exact) mass is 1620 g/mol. The Morgan fingerprint density at radius 3 is 1.79 bits per heavy atom. The van der Waals surface area contributed by atoms with Gasteiger partial charge in [0, 0.05) is 73.1 Å². The Morgan fingerprint density at radius 1 is 0.621 bits per heavy atom. The molecular formula is C84H121N13O19. The van der Waals surface area contributed by atoms with Gasteiger partial charge in [-0.1, -0.05) is 108 Å². The molecule has 32 heteroatoms. The summed E-state index contributed by atoms with van der Waals surface area (Å²) in [4.78, 5) is 235. The summed E-state index contributed by atoms with van der Waals surface area (Å²) in [5, 5.41) is 41.9. The van der Waals surface area contributed by atoms with Crippen LogP contribution < -0.4 is 64.9 Å². The predicted molar refractivity (Wildman–Crippen MR) is 432 cm³/mol. The van der Waals surface area contributed by atoms with Gasteiger partial charge in [-0.3, -0.25) is 76.7 Å². The molecule has 1 aromatic heterocycles. The molecule has 1 aliphatic heterocycles. The molecule has 0 radical (unpaired) electrons. The Hall–Kier alpha value is -10.3. The maximum absolute atomic E-state index is 15.2. The van der Waals surface area contributed by atoms with E-state index in [2.05, 4.69) is 64.9 Å². The number of hydrazine groups is 1. The minimum Gasteiger partial charge on any atom is -0.481 e. The molecular weight excluding hydrogens is 1490 g/mol. The zero-order chi connectivity index (χ0) is 86.3. The summed E-state index contributed by atoms with van der Waals surface area (Å²) in [5.74, 6) is -17.1. The number of fused-ring (bicyclic) bond motifs is 1. The number of amides is 8. The fourth-order valence-corrected chi connectivity index (χ4v) is 14.0. The van der Waals surface area contributed by atoms with Crippen LogP contribution in [-0.2, 0) is 89.6 Å². The van der Waals surface area contributed by atoms with Gasteiger partial charge in [-0.25, -0.2) is 15.6 Å². The minimum absolute atomic E-state index is 0.0195. The van der Waals surface area contributed by atoms with Crippen LogP contribution in [0, 0.1) is 29.1 Å². The van der Waals surface area contributed by atoms with Gasteiger partial charge in [0.25, 0.3) is 0 Å². The van der Waals surface area contributed by atoms with Gasteiger partial charge >= 0.3 is 11.9 Å². The number of hydrogen-bond acceptors (Lipinski definition) is 21. The second-order valence-electron chi connectivity index (χ2n) is 31.9. The fraction of sp³-hybridized carbons (Fsp3) is 0.583. The molecule has 5 rings (SSSR count). The van der Waals surface area contributed by atoms with Crippen LogP contribution in [0.1, 0.15) is 219 Å². The molecule has 3 aromatic rings. The molecule has 17 N–H and O–H groups in total. The van der Waals surface area contributed by atoms with E-state index in [0.717, 1.165) is 44.9 Å². The number of allylic oxidation sites excluding steroid dienone is 2. The van der Waals surface area contributed by atoms with Crippen LogP contribution in [0.3, 0.4) is 0 Å². The van der Waals surface area contributed by atoms with Crippen molar-refractivity contribution in [1.82, 2.24) is 58.4 Å². The molecule has 1 fully saturated rings. The average Bonchev–Trinajstić information content (AvgIpc) is 1.70. The molecule has 1 aliphatic carbocycles. The number of H-pyrrole nitrogens is 1. The summed E-state index contributed by atoms with van der Waals surface area (Å²) in [6.45, 7) is 18.1. The normalized spacial score (nSPS) is 24.0. The Labute approximate surface area is 677 Å². The Bertz CT molecular complexity index is 4080. The van der Waals surface area contributed by atoms with Crippen molar-refractivity contribution in [2.75, 3.05) is 13.1 Å². The molecule has 0 bridgehead atoms. The van der Waals surface area contributed by atoms with Crippen molar-refractivity contribution in [3.8, 4) is 0 Å². The van der Waals surface area contributed by atoms with Gasteiger partial charge in [-0.15, -0.1) is 0 Å². The first kappa shape index (κ1) is 96.3. The Balaban J connectivity index is 1.47. The third-order valence-corrected chi connectivity index (χ3v) is 21.9. The van der Waals surface area contributed by atoms with E-state index in [1.807, 2.05) is 12.2 Å². The van der Waals surface area contributed by atoms with Gasteiger partial charge in [-0.05, 0) is 167 Å². The standard InChI is InChI=1S/C84H121N13O19/c1-47(75(86)108)44-87-50(4)71(104)72(105)51(5)90-76(109)53(7)92-77(110)54(8)93-78(111)55(9)94-82(116)84(11)38-23-19-17-15-13-12-14-16-18-22-37-83(10,43-48(2)98)49(3)70(103)65(34-36-69(101)102)96-97-66(40-57-29-31-58(32-30-57)81(114)115)67(99)42-59(41-60-45-88-63-28-21-20-27-62(60)63)79(112)91-52(6)73(106)74(107)64(33-35-68(85)100)89-46-61(80(113)95-84)39-56-25-24-26-56/h15,17,20-21,27-32,45,47,50-56,59,61,64-66,87-89,96-97H,3,12-14,16,18-19,22-26,33-44,46H2,1-2,4-11H3,(H2,85,100)(H2,86,108)(H,90,109)(H,91,112)(H,92,110)(H,93,111)(H,94,116)(H,95,113)(H,101,102)(H,114,115)/b17-15+/t47-,50-,51-,52?,53?,54-,55?,59+,61+,64-,65-,66-,83-,84-/m0/s1. The highest BCUT2D eigenvalue weighted by molar-refractivity contribution is 6.41. The SMILES string of the molecule is C=C1C(=O)[C@H](CCC(=O)O)NN[C@@H](Cc2ccc(C(=O)O)cc2)C(=O)C[C@@H](Cc2c[nH]c3ccccc23)C(=O)NC(C)C(=O)C(=O)[C@H](CCC(N)=O)NC[C@@H](CC2CCC2)C(=O)N[C@](C)(C(=O)NC(C)C(=O)N[C@@H](C)C(=O)NC(C)C(=O)N[C@@H](C)C(=O)C(=O)[C@H](C)NC[C@H](C)C(N)=O)CCC/C=C/CCCCCCC[C@@]1(C)CC(C)=O. The molecule has 0 saturated heterocycles. The lowest BCUT2D eigenvalue weighted by atomic mass is 9.72. The topological polar surface area (TPSA) is 519 Å². The molecule has 116 heavy (non-hydrogen) atoms. The summed E-state index contributed by atoms with van der Waals surface area (Å²) in [7, 11) is 0. The molecule has 3 unspecified atom stereocenters. The number of aromatic nitrogens is 1. The van der Waals surface area contributed by atoms with Crippen LogP contribution in [0.4, 0.5) is 0 Å². The van der Waals surface area contributed by atoms with Gasteiger partial charge in [-0.2, -0.15) is 0 Å². The van der Waals surface area contributed by atoms with Crippen LogP contribution in [0.5, 0.6) is 0 Å². The number of Topliss-reactive ketones (excluding diaryl/α,β-unsaturated/α-hetero) is 7. The number of ketones is 7. The van der Waals surface area contributed by atoms with Crippen LogP contribution in [-0.4, -0.2) is 188 Å². The molecule has 0 spiro atoms. The summed E-state index contributed by atoms with van der Waals surface area (Å²) in [5.41, 5.74) is 15.7. The summed E-state index contributed by atoms with van der Waals surface area (Å²) < 4.78 is 0. The maximum atomic E-state index is 15.2. The number of nitrogens with two attached hydrogens (primary N) is 2. The van der Waals surface area contributed by atoms with Crippen LogP contribution in [0.2, 0.25) is 0 Å². The lowest BCUT2D eigenvalue weighted by molar-refractivity contribution is -0.140. The first-order valence-electron chi connectivity index (χ1n) is 40.2. The highest BCUT2D eigenvalue weighted by Gasteiger charge is 2.42. The van der Waals surface area contributed by atoms with Crippen molar-refractivity contribution < 1.29 is 91.7 Å². The van der Waals surface area contributed by atoms with Crippen LogP contribution in [0.25, 0.3) is 10.9 Å². The molecule has 2 aromatic carbocycles. The molecule has 2 heterocycles. The molecule has 8 amide bonds. The van der Waals surface area contributed by atoms with E-state index >= 15 is 14.4 Å². The van der Waals surface area contributed by atoms with Crippen molar-refractivity contribution >= 4 is 111 Å². The first-order valence-corrected chi connectivity index (χ1v) is 40.2. The third-order valence-electron chi connectivity index (χ3n) is 21.9. The third kappa shape index (κ3) is 30.4. The summed E-state index contributed by atoms with van der Waals surface area (Å²) >= 11 is 0. The molecule has 1 saturated carbocycles. The number of carbonyl (C=O) groups is 17. The molecule has 14 atom stereocenters. The van der Waals surface area contributed by atoms with Gasteiger partial charge in [0.05, 0.1) is 47.7 Å². The van der Waals surface area contributed by atoms with E-state index in [0.29, 0.717) is 54.1 Å². The van der Waals surface area contributed by atoms with Gasteiger partial charge in [0.15, 0.2) is 11.6 Å². The van der Waals surface area contributed by atoms with Crippen LogP contribution >= 0.6 is 0 Å². The first-order chi connectivity index (χ1) is 54.6. The van der Waals surface area contributed by atoms with E-state index < -0.39 is 196 Å². The van der Waals surface area contributed by atoms with Gasteiger partial charge in [0.1, 0.15) is 29.4 Å². The summed E-state index contributed by atoms with van der Waals surface area (Å²) in [6.07, 6.45) is 11.3. The number of hydrogen-bond donors (Lipinski definition) is 15. The number of nitrogens with one attached hydrogen (secondary N) is 11. The number of carbonyl (C=O) groups excluding carboxylic acids is 15. The highest BCUT2D eigenvalue weighted by atomic mass is 16.4. The maximum Gasteiger partial charge on any atom is 0.335 e.